The van der Waals surface area contributed by atoms with Crippen molar-refractivity contribution in [1.82, 2.24) is 4.90 Å². The second kappa shape index (κ2) is 5.74. The van der Waals surface area contributed by atoms with Crippen molar-refractivity contribution >= 4 is 9.84 Å². The van der Waals surface area contributed by atoms with Crippen LogP contribution in [0.4, 0.5) is 0 Å². The van der Waals surface area contributed by atoms with Crippen molar-refractivity contribution < 1.29 is 13.2 Å². The van der Waals surface area contributed by atoms with Crippen LogP contribution in [-0.4, -0.2) is 43.8 Å². The molecule has 0 radical (unpaired) electrons. The molecule has 2 rings (SSSR count). The number of nitrogens with zero attached hydrogens (tertiary/aromatic N) is 1. The van der Waals surface area contributed by atoms with Gasteiger partial charge < -0.3 is 4.74 Å². The molecule has 0 amide bonds. The van der Waals surface area contributed by atoms with Crippen molar-refractivity contribution in [3.63, 3.8) is 0 Å². The summed E-state index contributed by atoms with van der Waals surface area (Å²) in [7, 11) is -3.20. The number of ether oxygens (including phenoxy) is 1. The van der Waals surface area contributed by atoms with Crippen LogP contribution in [0.1, 0.15) is 27.7 Å². The molecule has 0 unspecified atom stereocenters. The van der Waals surface area contributed by atoms with Gasteiger partial charge in [-0.25, -0.2) is 8.42 Å². The van der Waals surface area contributed by atoms with Gasteiger partial charge in [-0.05, 0) is 52.0 Å². The van der Waals surface area contributed by atoms with Gasteiger partial charge in [-0.15, -0.1) is 0 Å². The van der Waals surface area contributed by atoms with Crippen LogP contribution in [0.25, 0.3) is 0 Å². The van der Waals surface area contributed by atoms with Crippen molar-refractivity contribution in [3.05, 3.63) is 24.3 Å². The van der Waals surface area contributed by atoms with Gasteiger partial charge in [-0.2, -0.15) is 0 Å². The molecule has 0 atom stereocenters. The number of sulfone groups is 1. The zero-order valence-corrected chi connectivity index (χ0v) is 13.4. The highest BCUT2D eigenvalue weighted by Gasteiger charge is 2.30. The lowest BCUT2D eigenvalue weighted by Gasteiger charge is -2.41. The Labute approximate surface area is 121 Å². The minimum atomic E-state index is -3.20. The van der Waals surface area contributed by atoms with Crippen LogP contribution in [-0.2, 0) is 9.84 Å². The van der Waals surface area contributed by atoms with E-state index in [1.165, 1.54) is 0 Å². The van der Waals surface area contributed by atoms with Crippen LogP contribution in [0, 0.1) is 0 Å². The molecular weight excluding hydrogens is 274 g/mol. The number of rotatable bonds is 5. The van der Waals surface area contributed by atoms with Gasteiger partial charge in [0.25, 0.3) is 0 Å². The van der Waals surface area contributed by atoms with E-state index in [0.717, 1.165) is 18.8 Å². The fourth-order valence-corrected chi connectivity index (χ4v) is 3.20. The smallest absolute Gasteiger partial charge is 0.180 e. The third-order valence-corrected chi connectivity index (χ3v) is 5.85. The fourth-order valence-electron chi connectivity index (χ4n) is 2.14. The number of benzene rings is 1. The molecule has 1 aromatic rings. The minimum absolute atomic E-state index is 0.213. The van der Waals surface area contributed by atoms with Crippen LogP contribution < -0.4 is 4.74 Å². The van der Waals surface area contributed by atoms with Crippen molar-refractivity contribution in [3.8, 4) is 5.75 Å². The predicted molar refractivity (Wildman–Crippen MR) is 79.9 cm³/mol. The molecule has 0 aliphatic carbocycles. The maximum atomic E-state index is 12.0. The summed E-state index contributed by atoms with van der Waals surface area (Å²) in [5.74, 6) is 0.737. The monoisotopic (exact) mass is 297 g/mol. The molecule has 1 fully saturated rings. The lowest BCUT2D eigenvalue weighted by molar-refractivity contribution is 0.000127. The number of hydrogen-bond donors (Lipinski definition) is 0. The van der Waals surface area contributed by atoms with Crippen molar-refractivity contribution in [2.45, 2.75) is 50.0 Å². The zero-order chi connectivity index (χ0) is 14.9. The van der Waals surface area contributed by atoms with E-state index in [-0.39, 0.29) is 6.10 Å². The summed E-state index contributed by atoms with van der Waals surface area (Å²) in [6.45, 7) is 9.58. The molecule has 1 aliphatic rings. The van der Waals surface area contributed by atoms with Crippen LogP contribution >= 0.6 is 0 Å². The van der Waals surface area contributed by atoms with Crippen molar-refractivity contribution in [1.29, 1.82) is 0 Å². The second-order valence-corrected chi connectivity index (χ2v) is 8.36. The fraction of sp³-hybridized carbons (Fsp3) is 0.600. The molecule has 0 spiro atoms. The minimum Gasteiger partial charge on any atom is -0.488 e. The Bertz CT molecular complexity index is 543. The summed E-state index contributed by atoms with van der Waals surface area (Å²) >= 11 is 0. The summed E-state index contributed by atoms with van der Waals surface area (Å²) in [6.07, 6.45) is 0.213. The lowest BCUT2D eigenvalue weighted by Crippen LogP contribution is -2.56. The summed E-state index contributed by atoms with van der Waals surface area (Å²) in [5.41, 5.74) is 0. The first-order chi connectivity index (χ1) is 9.30. The Kier molecular flexibility index (Phi) is 4.39. The standard InChI is InChI=1S/C15H23NO3S/c1-11(2)16-9-14(10-16)19-13-5-7-15(8-6-13)20(17,18)12(3)4/h5-8,11-12,14H,9-10H2,1-4H3. The van der Waals surface area contributed by atoms with Gasteiger partial charge >= 0.3 is 0 Å². The van der Waals surface area contributed by atoms with Gasteiger partial charge in [0.05, 0.1) is 10.1 Å². The highest BCUT2D eigenvalue weighted by Crippen LogP contribution is 2.23. The molecule has 1 saturated heterocycles. The molecule has 0 aromatic heterocycles. The highest BCUT2D eigenvalue weighted by molar-refractivity contribution is 7.92. The SMILES string of the molecule is CC(C)N1CC(Oc2ccc(S(=O)(=O)C(C)C)cc2)C1. The van der Waals surface area contributed by atoms with E-state index in [1.807, 2.05) is 0 Å². The number of likely N-dealkylation sites (tertiary alicyclic amines) is 1. The molecule has 1 heterocycles. The van der Waals surface area contributed by atoms with E-state index in [4.69, 9.17) is 4.74 Å². The van der Waals surface area contributed by atoms with E-state index in [9.17, 15) is 8.42 Å². The molecule has 0 saturated carbocycles. The Balaban J connectivity index is 1.97. The Morgan fingerprint density at radius 2 is 1.65 bits per heavy atom. The third kappa shape index (κ3) is 3.15. The molecule has 5 heteroatoms. The van der Waals surface area contributed by atoms with Crippen molar-refractivity contribution in [2.24, 2.45) is 0 Å². The van der Waals surface area contributed by atoms with Gasteiger partial charge in [0.2, 0.25) is 0 Å². The van der Waals surface area contributed by atoms with E-state index in [0.29, 0.717) is 10.9 Å². The first-order valence-corrected chi connectivity index (χ1v) is 8.60. The Morgan fingerprint density at radius 1 is 1.10 bits per heavy atom. The maximum Gasteiger partial charge on any atom is 0.180 e. The summed E-state index contributed by atoms with van der Waals surface area (Å²) < 4.78 is 29.8. The molecular formula is C15H23NO3S. The normalized spacial score (nSPS) is 17.5. The Morgan fingerprint density at radius 3 is 2.10 bits per heavy atom. The summed E-state index contributed by atoms with van der Waals surface area (Å²) in [6, 6.07) is 7.29. The maximum absolute atomic E-state index is 12.0. The summed E-state index contributed by atoms with van der Waals surface area (Å²) in [4.78, 5) is 2.69. The van der Waals surface area contributed by atoms with Crippen LogP contribution in [0.3, 0.4) is 0 Å². The number of hydrogen-bond acceptors (Lipinski definition) is 4. The van der Waals surface area contributed by atoms with Gasteiger partial charge in [0.1, 0.15) is 11.9 Å². The Hall–Kier alpha value is -1.07. The van der Waals surface area contributed by atoms with Crippen LogP contribution in [0.2, 0.25) is 0 Å². The van der Waals surface area contributed by atoms with Gasteiger partial charge in [-0.3, -0.25) is 4.90 Å². The van der Waals surface area contributed by atoms with E-state index in [1.54, 1.807) is 38.1 Å². The average molecular weight is 297 g/mol. The summed E-state index contributed by atoms with van der Waals surface area (Å²) in [5, 5.41) is -0.402. The van der Waals surface area contributed by atoms with Crippen molar-refractivity contribution in [2.75, 3.05) is 13.1 Å². The van der Waals surface area contributed by atoms with E-state index in [2.05, 4.69) is 18.7 Å². The molecule has 1 aromatic carbocycles. The van der Waals surface area contributed by atoms with Gasteiger partial charge in [0, 0.05) is 19.1 Å². The third-order valence-electron chi connectivity index (χ3n) is 3.68. The van der Waals surface area contributed by atoms with E-state index < -0.39 is 15.1 Å². The van der Waals surface area contributed by atoms with E-state index >= 15 is 0 Å². The first kappa shape index (κ1) is 15.3. The topological polar surface area (TPSA) is 46.6 Å². The molecule has 0 N–H and O–H groups in total. The van der Waals surface area contributed by atoms with Crippen LogP contribution in [0.15, 0.2) is 29.2 Å². The lowest BCUT2D eigenvalue weighted by atomic mass is 10.1. The van der Waals surface area contributed by atoms with Gasteiger partial charge in [-0.1, -0.05) is 0 Å². The largest absolute Gasteiger partial charge is 0.488 e. The zero-order valence-electron chi connectivity index (χ0n) is 12.5. The quantitative estimate of drug-likeness (QED) is 0.837. The molecule has 0 bridgehead atoms. The highest BCUT2D eigenvalue weighted by atomic mass is 32.2. The molecule has 20 heavy (non-hydrogen) atoms. The first-order valence-electron chi connectivity index (χ1n) is 7.05. The second-order valence-electron chi connectivity index (χ2n) is 5.85. The van der Waals surface area contributed by atoms with Crippen LogP contribution in [0.5, 0.6) is 5.75 Å². The van der Waals surface area contributed by atoms with Gasteiger partial charge in [0.15, 0.2) is 9.84 Å². The molecule has 112 valence electrons. The average Bonchev–Trinajstić information content (AvgIpc) is 2.33. The predicted octanol–water partition coefficient (Wildman–Crippen LogP) is 2.34. The molecule has 4 nitrogen and oxygen atoms in total. The molecule has 1 aliphatic heterocycles.